The van der Waals surface area contributed by atoms with Gasteiger partial charge in [0, 0.05) is 44.8 Å². The first-order valence-corrected chi connectivity index (χ1v) is 22.6. The Hall–Kier alpha value is -5.59. The number of rotatable bonds is 3. The molecular weight excluding hydrogens is 762 g/mol. The van der Waals surface area contributed by atoms with Gasteiger partial charge in [-0.3, -0.25) is 0 Å². The topological polar surface area (TPSA) is 32.5 Å². The molecule has 8 aromatic rings. The van der Waals surface area contributed by atoms with E-state index in [0.29, 0.717) is 0 Å². The summed E-state index contributed by atoms with van der Waals surface area (Å²) >= 11 is 1.79. The third kappa shape index (κ3) is 6.52. The standard InChI is InChI=1S/C55H56BN3OS/c1-52(2,3)34-17-23-38(24-18-34)58-43-27-21-37(55(10,11)12)32-42(43)56-48-44(58)14-13-15-45(48)59(39-25-19-35(20-26-39)53(4,5)6)51-49(56)57-50(61-51)33-16-28-46-40(30-33)41-31-36(54(7,8)9)22-29-47(41)60-46/h13-32H,1-12H3. The normalized spacial score (nSPS) is 14.1. The number of furan rings is 1. The summed E-state index contributed by atoms with van der Waals surface area (Å²) in [6.45, 7) is 27.4. The molecule has 0 N–H and O–H groups in total. The third-order valence-corrected chi connectivity index (χ3v) is 14.1. The molecular formula is C55H56BN3OS. The fraction of sp³-hybridized carbons (Fsp3) is 0.291. The zero-order chi connectivity index (χ0) is 43.0. The lowest BCUT2D eigenvalue weighted by Gasteiger charge is -2.42. The number of hydrogen-bond donors (Lipinski definition) is 0. The summed E-state index contributed by atoms with van der Waals surface area (Å²) in [5, 5.41) is 4.44. The minimum atomic E-state index is -0.0634. The second-order valence-corrected chi connectivity index (χ2v) is 22.4. The van der Waals surface area contributed by atoms with Gasteiger partial charge in [-0.05, 0) is 128 Å². The smallest absolute Gasteiger partial charge is 0.276 e. The van der Waals surface area contributed by atoms with Crippen molar-refractivity contribution in [2.24, 2.45) is 0 Å². The van der Waals surface area contributed by atoms with Crippen molar-refractivity contribution in [3.05, 3.63) is 144 Å². The molecule has 2 aliphatic heterocycles. The van der Waals surface area contributed by atoms with Crippen LogP contribution < -0.4 is 26.3 Å². The molecule has 6 aromatic carbocycles. The van der Waals surface area contributed by atoms with Crippen molar-refractivity contribution in [1.82, 2.24) is 4.98 Å². The van der Waals surface area contributed by atoms with Gasteiger partial charge in [-0.2, -0.15) is 0 Å². The largest absolute Gasteiger partial charge is 0.456 e. The van der Waals surface area contributed by atoms with E-state index in [0.717, 1.165) is 54.5 Å². The quantitative estimate of drug-likeness (QED) is 0.166. The molecule has 0 unspecified atom stereocenters. The first-order chi connectivity index (χ1) is 28.8. The number of aromatic nitrogens is 1. The van der Waals surface area contributed by atoms with Gasteiger partial charge in [-0.15, -0.1) is 0 Å². The summed E-state index contributed by atoms with van der Waals surface area (Å²) in [5.74, 6) is 0. The molecule has 0 amide bonds. The number of benzene rings is 6. The fourth-order valence-corrected chi connectivity index (χ4v) is 10.4. The molecule has 0 aliphatic carbocycles. The third-order valence-electron chi connectivity index (χ3n) is 13.0. The van der Waals surface area contributed by atoms with Crippen molar-refractivity contribution in [2.75, 3.05) is 9.80 Å². The lowest BCUT2D eigenvalue weighted by Crippen LogP contribution is -2.61. The van der Waals surface area contributed by atoms with E-state index in [2.05, 4.69) is 214 Å². The number of anilines is 6. The molecule has 0 atom stereocenters. The van der Waals surface area contributed by atoms with E-state index in [-0.39, 0.29) is 28.4 Å². The van der Waals surface area contributed by atoms with E-state index in [1.165, 1.54) is 50.2 Å². The highest BCUT2D eigenvalue weighted by Crippen LogP contribution is 2.48. The van der Waals surface area contributed by atoms with Gasteiger partial charge in [-0.25, -0.2) is 4.98 Å². The molecule has 0 saturated carbocycles. The van der Waals surface area contributed by atoms with Crippen molar-refractivity contribution >= 4 is 89.9 Å². The van der Waals surface area contributed by atoms with E-state index >= 15 is 0 Å². The molecule has 0 fully saturated rings. The van der Waals surface area contributed by atoms with Gasteiger partial charge >= 0.3 is 0 Å². The maximum absolute atomic E-state index is 6.42. The van der Waals surface area contributed by atoms with Crippen LogP contribution in [0, 0.1) is 0 Å². The molecule has 4 nitrogen and oxygen atoms in total. The van der Waals surface area contributed by atoms with Gasteiger partial charge in [0.25, 0.3) is 6.71 Å². The summed E-state index contributed by atoms with van der Waals surface area (Å²) in [5.41, 5.74) is 17.8. The highest BCUT2D eigenvalue weighted by Gasteiger charge is 2.46. The Balaban J connectivity index is 1.22. The van der Waals surface area contributed by atoms with E-state index < -0.39 is 0 Å². The first-order valence-electron chi connectivity index (χ1n) is 21.8. The lowest BCUT2D eigenvalue weighted by atomic mass is 9.35. The zero-order valence-corrected chi connectivity index (χ0v) is 38.6. The maximum Gasteiger partial charge on any atom is 0.276 e. The van der Waals surface area contributed by atoms with Gasteiger partial charge in [-0.1, -0.05) is 143 Å². The Morgan fingerprint density at radius 3 is 1.57 bits per heavy atom. The van der Waals surface area contributed by atoms with E-state index in [9.17, 15) is 0 Å². The van der Waals surface area contributed by atoms with E-state index in [4.69, 9.17) is 9.40 Å². The van der Waals surface area contributed by atoms with Gasteiger partial charge in [0.15, 0.2) is 0 Å². The van der Waals surface area contributed by atoms with Gasteiger partial charge < -0.3 is 14.2 Å². The van der Waals surface area contributed by atoms with Crippen LogP contribution in [0.3, 0.4) is 0 Å². The average Bonchev–Trinajstić information content (AvgIpc) is 3.81. The summed E-state index contributed by atoms with van der Waals surface area (Å²) in [6.07, 6.45) is 0. The van der Waals surface area contributed by atoms with Gasteiger partial charge in [0.2, 0.25) is 0 Å². The summed E-state index contributed by atoms with van der Waals surface area (Å²) in [6, 6.07) is 45.7. The Bertz CT molecular complexity index is 3020. The predicted molar refractivity (Wildman–Crippen MR) is 264 cm³/mol. The first kappa shape index (κ1) is 39.5. The monoisotopic (exact) mass is 817 g/mol. The lowest BCUT2D eigenvalue weighted by molar-refractivity contribution is 0.590. The number of thiazole rings is 1. The number of fused-ring (bicyclic) bond motifs is 7. The van der Waals surface area contributed by atoms with Crippen LogP contribution in [0.1, 0.15) is 105 Å². The molecule has 6 heteroatoms. The fourth-order valence-electron chi connectivity index (χ4n) is 9.29. The van der Waals surface area contributed by atoms with Crippen LogP contribution in [0.15, 0.2) is 126 Å². The highest BCUT2D eigenvalue weighted by molar-refractivity contribution is 7.22. The molecule has 0 spiro atoms. The molecule has 61 heavy (non-hydrogen) atoms. The zero-order valence-electron chi connectivity index (χ0n) is 37.8. The Kier molecular flexibility index (Phi) is 8.72. The van der Waals surface area contributed by atoms with Crippen molar-refractivity contribution in [2.45, 2.75) is 105 Å². The summed E-state index contributed by atoms with van der Waals surface area (Å²) in [4.78, 5) is 10.7. The SMILES string of the molecule is CC(C)(C)c1ccc(N2c3ccc(C(C)(C)C)cc3B3c4nc(-c5ccc6oc7ccc(C(C)(C)C)cc7c6c5)sc4N(c4ccc(C(C)(C)C)cc4)c4cccc2c43)cc1. The predicted octanol–water partition coefficient (Wildman–Crippen LogP) is 14.0. The highest BCUT2D eigenvalue weighted by atomic mass is 32.1. The van der Waals surface area contributed by atoms with Gasteiger partial charge in [0.05, 0.1) is 5.59 Å². The van der Waals surface area contributed by atoms with Crippen LogP contribution >= 0.6 is 11.3 Å². The second kappa shape index (κ2) is 13.5. The second-order valence-electron chi connectivity index (χ2n) is 21.4. The molecule has 0 saturated heterocycles. The van der Waals surface area contributed by atoms with Crippen LogP contribution in [0.25, 0.3) is 32.5 Å². The molecule has 306 valence electrons. The van der Waals surface area contributed by atoms with Crippen LogP contribution in [0.4, 0.5) is 33.4 Å². The molecule has 10 rings (SSSR count). The molecule has 2 aromatic heterocycles. The Morgan fingerprint density at radius 1 is 0.492 bits per heavy atom. The molecule has 4 heterocycles. The minimum absolute atomic E-state index is 0.0285. The van der Waals surface area contributed by atoms with E-state index in [1.807, 2.05) is 0 Å². The van der Waals surface area contributed by atoms with Crippen LogP contribution in [-0.4, -0.2) is 11.7 Å². The van der Waals surface area contributed by atoms with E-state index in [1.54, 1.807) is 11.3 Å². The minimum Gasteiger partial charge on any atom is -0.456 e. The van der Waals surface area contributed by atoms with Crippen LogP contribution in [0.2, 0.25) is 0 Å². The number of hydrogen-bond acceptors (Lipinski definition) is 5. The molecule has 2 aliphatic rings. The number of nitrogens with zero attached hydrogens (tertiary/aromatic N) is 3. The summed E-state index contributed by atoms with van der Waals surface area (Å²) < 4.78 is 6.42. The Labute approximate surface area is 366 Å². The van der Waals surface area contributed by atoms with Gasteiger partial charge in [0.1, 0.15) is 21.2 Å². The van der Waals surface area contributed by atoms with Crippen LogP contribution in [0.5, 0.6) is 0 Å². The molecule has 0 bridgehead atoms. The maximum atomic E-state index is 6.42. The van der Waals surface area contributed by atoms with Crippen LogP contribution in [-0.2, 0) is 21.7 Å². The molecule has 0 radical (unpaired) electrons. The van der Waals surface area contributed by atoms with Crippen molar-refractivity contribution in [3.8, 4) is 10.6 Å². The summed E-state index contributed by atoms with van der Waals surface area (Å²) in [7, 11) is 0. The van der Waals surface area contributed by atoms with Crippen molar-refractivity contribution in [3.63, 3.8) is 0 Å². The van der Waals surface area contributed by atoms with Crippen molar-refractivity contribution in [1.29, 1.82) is 0 Å². The average molecular weight is 818 g/mol. The Morgan fingerprint density at radius 2 is 0.984 bits per heavy atom. The van der Waals surface area contributed by atoms with Crippen molar-refractivity contribution < 1.29 is 4.42 Å².